The van der Waals surface area contributed by atoms with Crippen molar-refractivity contribution in [1.82, 2.24) is 4.90 Å². The molecule has 56 valence electrons. The van der Waals surface area contributed by atoms with Gasteiger partial charge in [-0.05, 0) is 13.0 Å². The predicted octanol–water partition coefficient (Wildman–Crippen LogP) is 0.858. The molecule has 4 heteroatoms. The van der Waals surface area contributed by atoms with Crippen LogP contribution in [-0.2, 0) is 4.74 Å². The van der Waals surface area contributed by atoms with Gasteiger partial charge in [0.1, 0.15) is 6.61 Å². The van der Waals surface area contributed by atoms with E-state index in [0.29, 0.717) is 13.2 Å². The number of cyclic esters (lactones) is 1. The number of carbonyl (C=O) groups excluding carboxylic acids is 1. The van der Waals surface area contributed by atoms with Gasteiger partial charge in [0.25, 0.3) is 0 Å². The van der Waals surface area contributed by atoms with E-state index in [1.807, 2.05) is 0 Å². The quantitative estimate of drug-likeness (QED) is 0.554. The van der Waals surface area contributed by atoms with Crippen molar-refractivity contribution in [1.29, 1.82) is 0 Å². The molecule has 1 aliphatic heterocycles. The first-order chi connectivity index (χ1) is 4.75. The first-order valence-corrected chi connectivity index (χ1v) is 3.05. The van der Waals surface area contributed by atoms with Crippen LogP contribution in [0.2, 0.25) is 0 Å². The Balaban J connectivity index is 2.64. The third-order valence-electron chi connectivity index (χ3n) is 1.30. The van der Waals surface area contributed by atoms with Gasteiger partial charge in [0.05, 0.1) is 6.54 Å². The summed E-state index contributed by atoms with van der Waals surface area (Å²) in [5, 5.41) is 9.01. The summed E-state index contributed by atoms with van der Waals surface area (Å²) in [6.45, 7) is 2.45. The molecule has 1 rings (SSSR count). The third kappa shape index (κ3) is 1.05. The van der Waals surface area contributed by atoms with Crippen molar-refractivity contribution in [3.63, 3.8) is 0 Å². The van der Waals surface area contributed by atoms with Crippen LogP contribution in [0.25, 0.3) is 0 Å². The minimum Gasteiger partial charge on any atom is -0.495 e. The third-order valence-corrected chi connectivity index (χ3v) is 1.30. The Morgan fingerprint density at radius 3 is 3.00 bits per heavy atom. The molecule has 1 saturated heterocycles. The smallest absolute Gasteiger partial charge is 0.416 e. The Bertz CT molecular complexity index is 176. The van der Waals surface area contributed by atoms with Crippen molar-refractivity contribution < 1.29 is 14.6 Å². The number of amides is 1. The van der Waals surface area contributed by atoms with Crippen LogP contribution in [0, 0.1) is 0 Å². The summed E-state index contributed by atoms with van der Waals surface area (Å²) in [6, 6.07) is 0. The van der Waals surface area contributed by atoms with Crippen LogP contribution >= 0.6 is 0 Å². The van der Waals surface area contributed by atoms with Gasteiger partial charge in [-0.2, -0.15) is 0 Å². The normalized spacial score (nSPS) is 19.5. The molecule has 0 aromatic rings. The Morgan fingerprint density at radius 1 is 1.90 bits per heavy atom. The molecule has 10 heavy (non-hydrogen) atoms. The predicted molar refractivity (Wildman–Crippen MR) is 34.4 cm³/mol. The molecule has 0 aromatic heterocycles. The largest absolute Gasteiger partial charge is 0.495 e. The van der Waals surface area contributed by atoms with Gasteiger partial charge in [0.2, 0.25) is 0 Å². The molecular formula is C6H9NO3. The average molecular weight is 143 g/mol. The molecule has 1 N–H and O–H groups in total. The molecule has 1 heterocycles. The lowest BCUT2D eigenvalue weighted by atomic mass is 10.5. The topological polar surface area (TPSA) is 49.8 Å². The van der Waals surface area contributed by atoms with Crippen LogP contribution in [-0.4, -0.2) is 29.3 Å². The minimum atomic E-state index is -0.476. The lowest BCUT2D eigenvalue weighted by molar-refractivity contribution is 0.151. The molecule has 1 aliphatic rings. The number of carbonyl (C=O) groups is 1. The van der Waals surface area contributed by atoms with Crippen LogP contribution < -0.4 is 0 Å². The number of aliphatic hydroxyl groups excluding tert-OH is 1. The molecule has 4 nitrogen and oxygen atoms in total. The maximum Gasteiger partial charge on any atom is 0.416 e. The monoisotopic (exact) mass is 143 g/mol. The van der Waals surface area contributed by atoms with E-state index in [1.54, 1.807) is 6.92 Å². The lowest BCUT2D eigenvalue weighted by Gasteiger charge is -2.08. The number of aliphatic hydroxyl groups is 1. The van der Waals surface area contributed by atoms with E-state index in [9.17, 15) is 4.79 Å². The van der Waals surface area contributed by atoms with Gasteiger partial charge in [-0.25, -0.2) is 9.69 Å². The molecule has 1 amide bonds. The maximum atomic E-state index is 10.7. The summed E-state index contributed by atoms with van der Waals surface area (Å²) < 4.78 is 4.57. The Morgan fingerprint density at radius 2 is 2.60 bits per heavy atom. The Hall–Kier alpha value is -1.19. The van der Waals surface area contributed by atoms with Crippen LogP contribution in [0.15, 0.2) is 12.0 Å². The number of hydrogen-bond acceptors (Lipinski definition) is 3. The molecule has 0 atom stereocenters. The van der Waals surface area contributed by atoms with Gasteiger partial charge in [-0.3, -0.25) is 0 Å². The Labute approximate surface area is 58.7 Å². The number of rotatable bonds is 1. The molecule has 0 unspecified atom stereocenters. The van der Waals surface area contributed by atoms with Crippen LogP contribution in [0.1, 0.15) is 6.92 Å². The summed E-state index contributed by atoms with van der Waals surface area (Å²) in [5.41, 5.74) is 0. The minimum absolute atomic E-state index is 0.0394. The summed E-state index contributed by atoms with van der Waals surface area (Å²) in [5.74, 6) is -0.0394. The summed E-state index contributed by atoms with van der Waals surface area (Å²) in [6.07, 6.45) is 0.975. The fourth-order valence-corrected chi connectivity index (χ4v) is 0.757. The highest BCUT2D eigenvalue weighted by Crippen LogP contribution is 2.08. The van der Waals surface area contributed by atoms with Gasteiger partial charge in [-0.1, -0.05) is 0 Å². The second kappa shape index (κ2) is 2.60. The zero-order valence-corrected chi connectivity index (χ0v) is 5.70. The van der Waals surface area contributed by atoms with Crippen molar-refractivity contribution in [2.75, 3.05) is 13.2 Å². The van der Waals surface area contributed by atoms with E-state index >= 15 is 0 Å². The van der Waals surface area contributed by atoms with E-state index in [0.717, 1.165) is 0 Å². The molecule has 1 fully saturated rings. The van der Waals surface area contributed by atoms with Crippen LogP contribution in [0.5, 0.6) is 0 Å². The zero-order chi connectivity index (χ0) is 7.56. The number of hydrogen-bond donors (Lipinski definition) is 1. The van der Waals surface area contributed by atoms with Crippen molar-refractivity contribution in [2.24, 2.45) is 0 Å². The Kier molecular flexibility index (Phi) is 1.80. The van der Waals surface area contributed by atoms with Crippen molar-refractivity contribution in [3.8, 4) is 0 Å². The first kappa shape index (κ1) is 6.92. The standard InChI is InChI=1S/C6H9NO3/c1-2-5(8)7-3-4-10-6(7)9/h2,8H,3-4H2,1H3/b5-2-. The van der Waals surface area contributed by atoms with E-state index in [-0.39, 0.29) is 5.88 Å². The molecule has 0 bridgehead atoms. The molecule has 0 radical (unpaired) electrons. The number of ether oxygens (including phenoxy) is 1. The van der Waals surface area contributed by atoms with Crippen LogP contribution in [0.4, 0.5) is 4.79 Å². The van der Waals surface area contributed by atoms with Gasteiger partial charge >= 0.3 is 6.09 Å². The highest BCUT2D eigenvalue weighted by atomic mass is 16.6. The summed E-state index contributed by atoms with van der Waals surface area (Å²) in [7, 11) is 0. The zero-order valence-electron chi connectivity index (χ0n) is 5.70. The van der Waals surface area contributed by atoms with Gasteiger partial charge in [-0.15, -0.1) is 0 Å². The van der Waals surface area contributed by atoms with E-state index in [1.165, 1.54) is 11.0 Å². The lowest BCUT2D eigenvalue weighted by Crippen LogP contribution is -2.22. The second-order valence-electron chi connectivity index (χ2n) is 1.91. The van der Waals surface area contributed by atoms with Crippen molar-refractivity contribution >= 4 is 6.09 Å². The molecule has 0 saturated carbocycles. The van der Waals surface area contributed by atoms with Crippen LogP contribution in [0.3, 0.4) is 0 Å². The molecule has 0 aliphatic carbocycles. The van der Waals surface area contributed by atoms with Gasteiger partial charge in [0, 0.05) is 0 Å². The van der Waals surface area contributed by atoms with Gasteiger partial charge in [0.15, 0.2) is 5.88 Å². The molecule has 0 spiro atoms. The number of nitrogens with zero attached hydrogens (tertiary/aromatic N) is 1. The fourth-order valence-electron chi connectivity index (χ4n) is 0.757. The fraction of sp³-hybridized carbons (Fsp3) is 0.500. The van der Waals surface area contributed by atoms with Gasteiger partial charge < -0.3 is 9.84 Å². The first-order valence-electron chi connectivity index (χ1n) is 3.05. The molecular weight excluding hydrogens is 134 g/mol. The van der Waals surface area contributed by atoms with Crippen molar-refractivity contribution in [2.45, 2.75) is 6.92 Å². The second-order valence-corrected chi connectivity index (χ2v) is 1.91. The average Bonchev–Trinajstić information content (AvgIpc) is 2.34. The summed E-state index contributed by atoms with van der Waals surface area (Å²) in [4.78, 5) is 11.9. The highest BCUT2D eigenvalue weighted by Gasteiger charge is 2.24. The highest BCUT2D eigenvalue weighted by molar-refractivity contribution is 5.71. The summed E-state index contributed by atoms with van der Waals surface area (Å²) >= 11 is 0. The van der Waals surface area contributed by atoms with E-state index < -0.39 is 6.09 Å². The number of allylic oxidation sites excluding steroid dienone is 1. The van der Waals surface area contributed by atoms with Crippen molar-refractivity contribution in [3.05, 3.63) is 12.0 Å². The molecule has 0 aromatic carbocycles. The van der Waals surface area contributed by atoms with E-state index in [4.69, 9.17) is 5.11 Å². The van der Waals surface area contributed by atoms with E-state index in [2.05, 4.69) is 4.74 Å². The maximum absolute atomic E-state index is 10.7. The SMILES string of the molecule is C/C=C(\O)N1CCOC1=O.